The molecule has 1 aromatic carbocycles. The quantitative estimate of drug-likeness (QED) is 0.840. The second-order valence-electron chi connectivity index (χ2n) is 4.54. The van der Waals surface area contributed by atoms with Crippen LogP contribution in [0, 0.1) is 0 Å². The molecule has 2 atom stereocenters. The standard InChI is InChI=1S/C14H19NO3.ClH/c1-17-14(16)8-12-7-13(9-15-12)18-10-11-5-3-2-4-6-11;/h2-6,12-13,15H,7-10H2,1H3;1H/t12-,13+;/m0./s1. The van der Waals surface area contributed by atoms with Gasteiger partial charge in [0.05, 0.1) is 26.2 Å². The monoisotopic (exact) mass is 285 g/mol. The van der Waals surface area contributed by atoms with Crippen molar-refractivity contribution in [1.29, 1.82) is 0 Å². The van der Waals surface area contributed by atoms with Crippen LogP contribution in [0.1, 0.15) is 18.4 Å². The number of methoxy groups -OCH3 is 1. The molecule has 0 saturated carbocycles. The van der Waals surface area contributed by atoms with Crippen LogP contribution in [-0.4, -0.2) is 31.8 Å². The van der Waals surface area contributed by atoms with E-state index in [4.69, 9.17) is 4.74 Å². The third-order valence-electron chi connectivity index (χ3n) is 3.15. The first kappa shape index (κ1) is 16.0. The fraction of sp³-hybridized carbons (Fsp3) is 0.500. The van der Waals surface area contributed by atoms with Crippen LogP contribution in [0.15, 0.2) is 30.3 Å². The molecule has 0 aromatic heterocycles. The highest BCUT2D eigenvalue weighted by molar-refractivity contribution is 5.85. The molecule has 0 radical (unpaired) electrons. The van der Waals surface area contributed by atoms with Gasteiger partial charge in [-0.3, -0.25) is 4.79 Å². The average Bonchev–Trinajstić information content (AvgIpc) is 2.85. The largest absolute Gasteiger partial charge is 0.469 e. The molecule has 1 aliphatic heterocycles. The molecule has 5 heteroatoms. The first-order valence-corrected chi connectivity index (χ1v) is 6.23. The van der Waals surface area contributed by atoms with Crippen LogP contribution in [0.25, 0.3) is 0 Å². The topological polar surface area (TPSA) is 47.6 Å². The van der Waals surface area contributed by atoms with Crippen molar-refractivity contribution < 1.29 is 14.3 Å². The summed E-state index contributed by atoms with van der Waals surface area (Å²) >= 11 is 0. The Bertz CT molecular complexity index is 386. The zero-order chi connectivity index (χ0) is 12.8. The van der Waals surface area contributed by atoms with E-state index in [1.165, 1.54) is 12.7 Å². The van der Waals surface area contributed by atoms with Crippen molar-refractivity contribution in [3.63, 3.8) is 0 Å². The number of halogens is 1. The number of hydrogen-bond acceptors (Lipinski definition) is 4. The maximum Gasteiger partial charge on any atom is 0.307 e. The van der Waals surface area contributed by atoms with Crippen molar-refractivity contribution in [3.05, 3.63) is 35.9 Å². The minimum atomic E-state index is -0.170. The lowest BCUT2D eigenvalue weighted by Crippen LogP contribution is -2.25. The zero-order valence-electron chi connectivity index (χ0n) is 11.0. The molecular formula is C14H20ClNO3. The van der Waals surface area contributed by atoms with E-state index in [0.717, 1.165) is 13.0 Å². The van der Waals surface area contributed by atoms with E-state index < -0.39 is 0 Å². The second-order valence-corrected chi connectivity index (χ2v) is 4.54. The van der Waals surface area contributed by atoms with E-state index in [9.17, 15) is 4.79 Å². The molecule has 19 heavy (non-hydrogen) atoms. The Balaban J connectivity index is 0.00000180. The summed E-state index contributed by atoms with van der Waals surface area (Å²) < 4.78 is 10.5. The molecule has 1 fully saturated rings. The summed E-state index contributed by atoms with van der Waals surface area (Å²) in [6.45, 7) is 1.42. The van der Waals surface area contributed by atoms with Crippen LogP contribution >= 0.6 is 12.4 Å². The fourth-order valence-corrected chi connectivity index (χ4v) is 2.14. The molecule has 0 amide bonds. The number of esters is 1. The van der Waals surface area contributed by atoms with E-state index in [-0.39, 0.29) is 30.5 Å². The van der Waals surface area contributed by atoms with E-state index in [1.54, 1.807) is 0 Å². The van der Waals surface area contributed by atoms with Gasteiger partial charge in [-0.1, -0.05) is 30.3 Å². The van der Waals surface area contributed by atoms with Gasteiger partial charge in [-0.05, 0) is 12.0 Å². The number of nitrogens with one attached hydrogen (secondary N) is 1. The fourth-order valence-electron chi connectivity index (χ4n) is 2.14. The SMILES string of the molecule is COC(=O)C[C@@H]1C[C@@H](OCc2ccccc2)CN1.Cl. The van der Waals surface area contributed by atoms with Crippen molar-refractivity contribution in [3.8, 4) is 0 Å². The van der Waals surface area contributed by atoms with Gasteiger partial charge in [0, 0.05) is 12.6 Å². The van der Waals surface area contributed by atoms with Crippen LogP contribution in [-0.2, 0) is 20.9 Å². The number of carbonyl (C=O) groups excluding carboxylic acids is 1. The molecular weight excluding hydrogens is 266 g/mol. The Morgan fingerprint density at radius 3 is 2.79 bits per heavy atom. The van der Waals surface area contributed by atoms with Crippen LogP contribution in [0.4, 0.5) is 0 Å². The predicted octanol–water partition coefficient (Wildman–Crippen LogP) is 1.92. The number of hydrogen-bond donors (Lipinski definition) is 1. The van der Waals surface area contributed by atoms with Crippen molar-refractivity contribution in [1.82, 2.24) is 5.32 Å². The number of benzene rings is 1. The molecule has 1 heterocycles. The summed E-state index contributed by atoms with van der Waals surface area (Å²) in [5.41, 5.74) is 1.17. The Morgan fingerprint density at radius 1 is 1.37 bits per heavy atom. The van der Waals surface area contributed by atoms with Crippen molar-refractivity contribution in [2.24, 2.45) is 0 Å². The molecule has 0 unspecified atom stereocenters. The predicted molar refractivity (Wildman–Crippen MR) is 75.3 cm³/mol. The molecule has 2 rings (SSSR count). The van der Waals surface area contributed by atoms with Crippen molar-refractivity contribution >= 4 is 18.4 Å². The van der Waals surface area contributed by atoms with Gasteiger partial charge in [-0.2, -0.15) is 0 Å². The summed E-state index contributed by atoms with van der Waals surface area (Å²) in [6, 6.07) is 10.3. The normalized spacial score (nSPS) is 21.7. The molecule has 0 aliphatic carbocycles. The first-order valence-electron chi connectivity index (χ1n) is 6.23. The second kappa shape index (κ2) is 8.15. The van der Waals surface area contributed by atoms with Crippen LogP contribution in [0.3, 0.4) is 0 Å². The Kier molecular flexibility index (Phi) is 6.84. The summed E-state index contributed by atoms with van der Waals surface area (Å²) in [5, 5.41) is 3.28. The Hall–Kier alpha value is -1.10. The van der Waals surface area contributed by atoms with Gasteiger partial charge >= 0.3 is 5.97 Å². The third-order valence-corrected chi connectivity index (χ3v) is 3.15. The average molecular weight is 286 g/mol. The lowest BCUT2D eigenvalue weighted by molar-refractivity contribution is -0.141. The molecule has 1 aromatic rings. The molecule has 4 nitrogen and oxygen atoms in total. The minimum absolute atomic E-state index is 0. The van der Waals surface area contributed by atoms with Gasteiger partial charge in [0.2, 0.25) is 0 Å². The van der Waals surface area contributed by atoms with Gasteiger partial charge in [0.25, 0.3) is 0 Å². The molecule has 1 saturated heterocycles. The van der Waals surface area contributed by atoms with Gasteiger partial charge < -0.3 is 14.8 Å². The molecule has 1 N–H and O–H groups in total. The van der Waals surface area contributed by atoms with E-state index in [0.29, 0.717) is 13.0 Å². The molecule has 1 aliphatic rings. The highest BCUT2D eigenvalue weighted by Crippen LogP contribution is 2.15. The van der Waals surface area contributed by atoms with Crippen molar-refractivity contribution in [2.75, 3.05) is 13.7 Å². The lowest BCUT2D eigenvalue weighted by Gasteiger charge is -2.11. The maximum absolute atomic E-state index is 11.2. The molecule has 0 bridgehead atoms. The molecule has 106 valence electrons. The molecule has 0 spiro atoms. The van der Waals surface area contributed by atoms with Gasteiger partial charge in [0.1, 0.15) is 0 Å². The van der Waals surface area contributed by atoms with Gasteiger partial charge in [0.15, 0.2) is 0 Å². The maximum atomic E-state index is 11.2. The van der Waals surface area contributed by atoms with Crippen LogP contribution in [0.5, 0.6) is 0 Å². The highest BCUT2D eigenvalue weighted by atomic mass is 35.5. The smallest absolute Gasteiger partial charge is 0.307 e. The van der Waals surface area contributed by atoms with Crippen LogP contribution in [0.2, 0.25) is 0 Å². The first-order chi connectivity index (χ1) is 8.78. The lowest BCUT2D eigenvalue weighted by atomic mass is 10.1. The summed E-state index contributed by atoms with van der Waals surface area (Å²) in [6.07, 6.45) is 1.46. The third kappa shape index (κ3) is 5.19. The van der Waals surface area contributed by atoms with E-state index in [1.807, 2.05) is 30.3 Å². The van der Waals surface area contributed by atoms with Crippen molar-refractivity contribution in [2.45, 2.75) is 31.6 Å². The van der Waals surface area contributed by atoms with Gasteiger partial charge in [-0.25, -0.2) is 0 Å². The Morgan fingerprint density at radius 2 is 2.11 bits per heavy atom. The summed E-state index contributed by atoms with van der Waals surface area (Å²) in [7, 11) is 1.42. The van der Waals surface area contributed by atoms with Gasteiger partial charge in [-0.15, -0.1) is 12.4 Å². The minimum Gasteiger partial charge on any atom is -0.469 e. The highest BCUT2D eigenvalue weighted by Gasteiger charge is 2.26. The summed E-state index contributed by atoms with van der Waals surface area (Å²) in [4.78, 5) is 11.2. The number of rotatable bonds is 5. The number of ether oxygens (including phenoxy) is 2. The zero-order valence-corrected chi connectivity index (χ0v) is 11.8. The number of carbonyl (C=O) groups is 1. The summed E-state index contributed by atoms with van der Waals surface area (Å²) in [5.74, 6) is -0.170. The van der Waals surface area contributed by atoms with E-state index >= 15 is 0 Å². The Labute approximate surface area is 119 Å². The van der Waals surface area contributed by atoms with E-state index in [2.05, 4.69) is 10.1 Å². The van der Waals surface area contributed by atoms with Crippen LogP contribution < -0.4 is 5.32 Å².